The Kier molecular flexibility index (Phi) is 8.65. The SMILES string of the molecule is CCOC(=O)C=Cc1ccc(-c2ccccc2CP(=O)(OCC)OCC)cc1. The number of hydrogen-bond donors (Lipinski definition) is 0. The van der Waals surface area contributed by atoms with E-state index >= 15 is 0 Å². The van der Waals surface area contributed by atoms with Crippen LogP contribution in [-0.4, -0.2) is 25.8 Å². The van der Waals surface area contributed by atoms with Crippen LogP contribution in [0.3, 0.4) is 0 Å². The molecule has 0 aliphatic carbocycles. The van der Waals surface area contributed by atoms with Crippen molar-refractivity contribution in [1.29, 1.82) is 0 Å². The molecule has 28 heavy (non-hydrogen) atoms. The van der Waals surface area contributed by atoms with Crippen molar-refractivity contribution in [2.45, 2.75) is 26.9 Å². The van der Waals surface area contributed by atoms with Crippen LogP contribution in [0.4, 0.5) is 0 Å². The van der Waals surface area contributed by atoms with E-state index in [2.05, 4.69) is 0 Å². The molecule has 2 rings (SSSR count). The van der Waals surface area contributed by atoms with Crippen LogP contribution in [0.15, 0.2) is 54.6 Å². The maximum absolute atomic E-state index is 12.9. The molecular weight excluding hydrogens is 375 g/mol. The summed E-state index contributed by atoms with van der Waals surface area (Å²) in [4.78, 5) is 11.4. The largest absolute Gasteiger partial charge is 0.463 e. The number of carbonyl (C=O) groups is 1. The van der Waals surface area contributed by atoms with Gasteiger partial charge in [0.2, 0.25) is 0 Å². The number of ether oxygens (including phenoxy) is 1. The quantitative estimate of drug-likeness (QED) is 0.290. The molecule has 0 saturated heterocycles. The van der Waals surface area contributed by atoms with Crippen LogP contribution >= 0.6 is 7.60 Å². The lowest BCUT2D eigenvalue weighted by Crippen LogP contribution is -2.00. The molecule has 0 amide bonds. The second-order valence-corrected chi connectivity index (χ2v) is 8.02. The fourth-order valence-electron chi connectivity index (χ4n) is 2.80. The Morgan fingerprint density at radius 2 is 1.57 bits per heavy atom. The molecule has 0 aliphatic heterocycles. The summed E-state index contributed by atoms with van der Waals surface area (Å²) in [6.45, 7) is 6.41. The topological polar surface area (TPSA) is 61.8 Å². The van der Waals surface area contributed by atoms with Crippen molar-refractivity contribution in [3.05, 3.63) is 65.7 Å². The lowest BCUT2D eigenvalue weighted by Gasteiger charge is -2.19. The fourth-order valence-corrected chi connectivity index (χ4v) is 4.54. The Bertz CT molecular complexity index is 832. The van der Waals surface area contributed by atoms with Crippen LogP contribution in [0.25, 0.3) is 17.2 Å². The number of rotatable bonds is 10. The average molecular weight is 402 g/mol. The third kappa shape index (κ3) is 6.45. The van der Waals surface area contributed by atoms with E-state index in [1.165, 1.54) is 6.08 Å². The second-order valence-electron chi connectivity index (χ2n) is 5.97. The highest BCUT2D eigenvalue weighted by Gasteiger charge is 2.25. The molecule has 0 fully saturated rings. The van der Waals surface area contributed by atoms with Crippen LogP contribution in [0.1, 0.15) is 31.9 Å². The molecule has 0 atom stereocenters. The summed E-state index contributed by atoms with van der Waals surface area (Å²) in [6, 6.07) is 15.6. The van der Waals surface area contributed by atoms with Crippen molar-refractivity contribution < 1.29 is 23.1 Å². The van der Waals surface area contributed by atoms with Crippen LogP contribution < -0.4 is 0 Å². The summed E-state index contributed by atoms with van der Waals surface area (Å²) in [5.74, 6) is -0.362. The van der Waals surface area contributed by atoms with Crippen molar-refractivity contribution in [3.63, 3.8) is 0 Å². The van der Waals surface area contributed by atoms with Gasteiger partial charge in [-0.1, -0.05) is 48.5 Å². The zero-order valence-corrected chi connectivity index (χ0v) is 17.5. The van der Waals surface area contributed by atoms with Crippen molar-refractivity contribution in [1.82, 2.24) is 0 Å². The fraction of sp³-hybridized carbons (Fsp3) is 0.318. The molecule has 0 bridgehead atoms. The standard InChI is InChI=1S/C22H27O5P/c1-4-25-22(23)16-13-18-11-14-19(15-12-18)21-10-8-7-9-20(21)17-28(24,26-5-2)27-6-3/h7-16H,4-6,17H2,1-3H3. The van der Waals surface area contributed by atoms with Gasteiger partial charge in [-0.2, -0.15) is 0 Å². The van der Waals surface area contributed by atoms with Gasteiger partial charge in [0.05, 0.1) is 26.0 Å². The smallest absolute Gasteiger partial charge is 0.335 e. The van der Waals surface area contributed by atoms with E-state index in [0.717, 1.165) is 22.3 Å². The molecule has 150 valence electrons. The van der Waals surface area contributed by atoms with Crippen LogP contribution in [0.2, 0.25) is 0 Å². The molecule has 6 heteroatoms. The van der Waals surface area contributed by atoms with E-state index in [-0.39, 0.29) is 12.1 Å². The third-order valence-corrected chi connectivity index (χ3v) is 5.98. The third-order valence-electron chi connectivity index (χ3n) is 3.95. The molecule has 0 radical (unpaired) electrons. The molecule has 0 aromatic heterocycles. The van der Waals surface area contributed by atoms with Gasteiger partial charge in [0.1, 0.15) is 0 Å². The van der Waals surface area contributed by atoms with Crippen molar-refractivity contribution in [3.8, 4) is 11.1 Å². The zero-order chi connectivity index (χ0) is 20.4. The van der Waals surface area contributed by atoms with Crippen molar-refractivity contribution in [2.24, 2.45) is 0 Å². The molecule has 2 aromatic carbocycles. The van der Waals surface area contributed by atoms with Gasteiger partial charge in [0.15, 0.2) is 0 Å². The first-order chi connectivity index (χ1) is 13.5. The van der Waals surface area contributed by atoms with Gasteiger partial charge < -0.3 is 13.8 Å². The summed E-state index contributed by atoms with van der Waals surface area (Å²) >= 11 is 0. The van der Waals surface area contributed by atoms with Gasteiger partial charge >= 0.3 is 13.6 Å². The first kappa shape index (κ1) is 22.1. The highest BCUT2D eigenvalue weighted by Crippen LogP contribution is 2.52. The number of benzene rings is 2. The first-order valence-electron chi connectivity index (χ1n) is 9.42. The molecule has 2 aromatic rings. The highest BCUT2D eigenvalue weighted by atomic mass is 31.2. The normalized spacial score (nSPS) is 11.7. The summed E-state index contributed by atoms with van der Waals surface area (Å²) in [5, 5.41) is 0. The summed E-state index contributed by atoms with van der Waals surface area (Å²) in [7, 11) is -3.19. The number of esters is 1. The van der Waals surface area contributed by atoms with Gasteiger partial charge in [-0.15, -0.1) is 0 Å². The van der Waals surface area contributed by atoms with Gasteiger partial charge in [-0.05, 0) is 49.1 Å². The predicted molar refractivity (Wildman–Crippen MR) is 112 cm³/mol. The van der Waals surface area contributed by atoms with Gasteiger partial charge in [-0.3, -0.25) is 4.57 Å². The Labute approximate surface area is 166 Å². The Balaban J connectivity index is 2.24. The van der Waals surface area contributed by atoms with Crippen molar-refractivity contribution in [2.75, 3.05) is 19.8 Å². The van der Waals surface area contributed by atoms with Gasteiger partial charge in [-0.25, -0.2) is 4.79 Å². The van der Waals surface area contributed by atoms with Crippen LogP contribution in [-0.2, 0) is 29.3 Å². The lowest BCUT2D eigenvalue weighted by atomic mass is 9.99. The van der Waals surface area contributed by atoms with E-state index in [1.807, 2.05) is 48.5 Å². The van der Waals surface area contributed by atoms with E-state index in [1.54, 1.807) is 26.8 Å². The van der Waals surface area contributed by atoms with Gasteiger partial charge in [0.25, 0.3) is 0 Å². The van der Waals surface area contributed by atoms with E-state index < -0.39 is 7.60 Å². The number of carbonyl (C=O) groups excluding carboxylic acids is 1. The minimum absolute atomic E-state index is 0.218. The molecule has 0 unspecified atom stereocenters. The Morgan fingerprint density at radius 1 is 0.929 bits per heavy atom. The number of hydrogen-bond acceptors (Lipinski definition) is 5. The minimum atomic E-state index is -3.19. The highest BCUT2D eigenvalue weighted by molar-refractivity contribution is 7.53. The molecule has 0 N–H and O–H groups in total. The Morgan fingerprint density at radius 3 is 2.18 bits per heavy atom. The molecule has 5 nitrogen and oxygen atoms in total. The van der Waals surface area contributed by atoms with Crippen LogP contribution in [0, 0.1) is 0 Å². The minimum Gasteiger partial charge on any atom is -0.463 e. The maximum atomic E-state index is 12.9. The first-order valence-corrected chi connectivity index (χ1v) is 11.2. The summed E-state index contributed by atoms with van der Waals surface area (Å²) in [5.41, 5.74) is 3.76. The molecule has 0 spiro atoms. The molecular formula is C22H27O5P. The lowest BCUT2D eigenvalue weighted by molar-refractivity contribution is -0.137. The van der Waals surface area contributed by atoms with E-state index in [0.29, 0.717) is 19.8 Å². The Hall–Kier alpha value is -2.20. The predicted octanol–water partition coefficient (Wildman–Crippen LogP) is 5.70. The monoisotopic (exact) mass is 402 g/mol. The molecule has 0 aliphatic rings. The average Bonchev–Trinajstić information content (AvgIpc) is 2.68. The van der Waals surface area contributed by atoms with Crippen LogP contribution in [0.5, 0.6) is 0 Å². The maximum Gasteiger partial charge on any atom is 0.335 e. The second kappa shape index (κ2) is 11.0. The molecule has 0 saturated carbocycles. The zero-order valence-electron chi connectivity index (χ0n) is 16.6. The van der Waals surface area contributed by atoms with E-state index in [9.17, 15) is 9.36 Å². The van der Waals surface area contributed by atoms with Crippen molar-refractivity contribution >= 4 is 19.6 Å². The van der Waals surface area contributed by atoms with Gasteiger partial charge in [0, 0.05) is 6.08 Å². The summed E-state index contributed by atoms with van der Waals surface area (Å²) in [6.07, 6.45) is 3.34. The summed E-state index contributed by atoms with van der Waals surface area (Å²) < 4.78 is 28.7. The van der Waals surface area contributed by atoms with E-state index in [4.69, 9.17) is 13.8 Å². The molecule has 0 heterocycles.